The van der Waals surface area contributed by atoms with Crippen LogP contribution in [-0.4, -0.2) is 18.0 Å². The number of carbonyl (C=O) groups is 1. The maximum atomic E-state index is 12.5. The fourth-order valence-corrected chi connectivity index (χ4v) is 2.99. The maximum Gasteiger partial charge on any atom is 0.259 e. The molecular weight excluding hydrogens is 364 g/mol. The fraction of sp³-hybridized carbons (Fsp3) is 0.0833. The third-order valence-electron chi connectivity index (χ3n) is 4.59. The van der Waals surface area contributed by atoms with Crippen molar-refractivity contribution in [3.05, 3.63) is 90.2 Å². The van der Waals surface area contributed by atoms with E-state index < -0.39 is 0 Å². The number of para-hydroxylation sites is 1. The summed E-state index contributed by atoms with van der Waals surface area (Å²) in [6.07, 6.45) is 1.65. The Morgan fingerprint density at radius 1 is 0.931 bits per heavy atom. The van der Waals surface area contributed by atoms with Gasteiger partial charge in [-0.1, -0.05) is 42.0 Å². The summed E-state index contributed by atoms with van der Waals surface area (Å²) in [5.41, 5.74) is 4.98. The second-order valence-electron chi connectivity index (χ2n) is 6.64. The first-order valence-electron chi connectivity index (χ1n) is 9.21. The predicted octanol–water partition coefficient (Wildman–Crippen LogP) is 5.58. The smallest absolute Gasteiger partial charge is 0.259 e. The lowest BCUT2D eigenvalue weighted by Gasteiger charge is -2.09. The van der Waals surface area contributed by atoms with Crippen molar-refractivity contribution < 1.29 is 13.9 Å². The largest absolute Gasteiger partial charge is 0.496 e. The second kappa shape index (κ2) is 8.02. The maximum absolute atomic E-state index is 12.5. The van der Waals surface area contributed by atoms with Crippen LogP contribution in [0.1, 0.15) is 15.9 Å². The molecule has 0 saturated carbocycles. The summed E-state index contributed by atoms with van der Waals surface area (Å²) in [5.74, 6) is 0.834. The Bertz CT molecular complexity index is 1130. The van der Waals surface area contributed by atoms with Gasteiger partial charge in [-0.15, -0.1) is 0 Å². The van der Waals surface area contributed by atoms with Crippen LogP contribution in [0.25, 0.3) is 22.7 Å². The third kappa shape index (κ3) is 4.04. The number of aromatic nitrogens is 1. The lowest BCUT2D eigenvalue weighted by atomic mass is 10.1. The summed E-state index contributed by atoms with van der Waals surface area (Å²) in [7, 11) is 1.54. The molecule has 3 aromatic carbocycles. The van der Waals surface area contributed by atoms with Crippen molar-refractivity contribution in [2.24, 2.45) is 0 Å². The molecule has 0 bridgehead atoms. The highest BCUT2D eigenvalue weighted by Crippen LogP contribution is 2.26. The second-order valence-corrected chi connectivity index (χ2v) is 6.64. The van der Waals surface area contributed by atoms with E-state index in [0.717, 1.165) is 16.8 Å². The molecule has 0 atom stereocenters. The van der Waals surface area contributed by atoms with Gasteiger partial charge in [0, 0.05) is 16.8 Å². The van der Waals surface area contributed by atoms with Crippen molar-refractivity contribution in [1.82, 2.24) is 4.98 Å². The zero-order valence-corrected chi connectivity index (χ0v) is 16.2. The van der Waals surface area contributed by atoms with Gasteiger partial charge in [-0.05, 0) is 43.3 Å². The number of oxazole rings is 1. The highest BCUT2D eigenvalue weighted by Gasteiger charge is 2.12. The van der Waals surface area contributed by atoms with Gasteiger partial charge in [-0.2, -0.15) is 0 Å². The van der Waals surface area contributed by atoms with Gasteiger partial charge < -0.3 is 14.5 Å². The molecule has 0 spiro atoms. The molecular formula is C24H20N2O3. The summed E-state index contributed by atoms with van der Waals surface area (Å²) < 4.78 is 10.9. The van der Waals surface area contributed by atoms with Crippen LogP contribution in [0.4, 0.5) is 5.69 Å². The zero-order chi connectivity index (χ0) is 20.2. The van der Waals surface area contributed by atoms with Crippen LogP contribution in [0.2, 0.25) is 0 Å². The van der Waals surface area contributed by atoms with Crippen molar-refractivity contribution in [1.29, 1.82) is 0 Å². The van der Waals surface area contributed by atoms with E-state index in [1.807, 2.05) is 61.5 Å². The standard InChI is InChI=1S/C24H20N2O3/c1-16-7-9-17(10-8-16)21-15-29-24(26-21)18-11-13-19(14-12-18)25-23(27)20-5-3-4-6-22(20)28-2/h3-15H,1-2H3,(H,25,27). The Labute approximate surface area is 169 Å². The monoisotopic (exact) mass is 384 g/mol. The molecule has 0 aliphatic rings. The quantitative estimate of drug-likeness (QED) is 0.488. The van der Waals surface area contributed by atoms with E-state index in [-0.39, 0.29) is 5.91 Å². The average molecular weight is 384 g/mol. The molecule has 1 aromatic heterocycles. The summed E-state index contributed by atoms with van der Waals surface area (Å²) in [6, 6.07) is 22.6. The van der Waals surface area contributed by atoms with E-state index in [4.69, 9.17) is 9.15 Å². The summed E-state index contributed by atoms with van der Waals surface area (Å²) in [5, 5.41) is 2.88. The van der Waals surface area contributed by atoms with Gasteiger partial charge in [0.05, 0.1) is 12.7 Å². The molecule has 0 radical (unpaired) electrons. The van der Waals surface area contributed by atoms with E-state index >= 15 is 0 Å². The van der Waals surface area contributed by atoms with E-state index in [2.05, 4.69) is 10.3 Å². The van der Waals surface area contributed by atoms with Crippen molar-refractivity contribution in [3.8, 4) is 28.5 Å². The van der Waals surface area contributed by atoms with Gasteiger partial charge in [0.15, 0.2) is 0 Å². The topological polar surface area (TPSA) is 64.4 Å². The first-order chi connectivity index (χ1) is 14.1. The molecule has 4 aromatic rings. The number of rotatable bonds is 5. The van der Waals surface area contributed by atoms with Gasteiger partial charge in [-0.25, -0.2) is 4.98 Å². The first-order valence-corrected chi connectivity index (χ1v) is 9.21. The molecule has 4 rings (SSSR count). The van der Waals surface area contributed by atoms with E-state index in [1.165, 1.54) is 5.56 Å². The molecule has 29 heavy (non-hydrogen) atoms. The first kappa shape index (κ1) is 18.5. The highest BCUT2D eigenvalue weighted by molar-refractivity contribution is 6.06. The van der Waals surface area contributed by atoms with Gasteiger partial charge in [0.1, 0.15) is 17.7 Å². The fourth-order valence-electron chi connectivity index (χ4n) is 2.99. The van der Waals surface area contributed by atoms with Crippen molar-refractivity contribution >= 4 is 11.6 Å². The Morgan fingerprint density at radius 3 is 2.34 bits per heavy atom. The van der Waals surface area contributed by atoms with Crippen molar-refractivity contribution in [2.45, 2.75) is 6.92 Å². The number of benzene rings is 3. The zero-order valence-electron chi connectivity index (χ0n) is 16.2. The molecule has 1 heterocycles. The minimum Gasteiger partial charge on any atom is -0.496 e. The molecule has 5 heteroatoms. The normalized spacial score (nSPS) is 10.6. The summed E-state index contributed by atoms with van der Waals surface area (Å²) in [4.78, 5) is 17.1. The third-order valence-corrected chi connectivity index (χ3v) is 4.59. The lowest BCUT2D eigenvalue weighted by molar-refractivity contribution is 0.102. The molecule has 144 valence electrons. The molecule has 5 nitrogen and oxygen atoms in total. The van der Waals surface area contributed by atoms with Crippen molar-refractivity contribution in [2.75, 3.05) is 12.4 Å². The number of carbonyl (C=O) groups excluding carboxylic acids is 1. The van der Waals surface area contributed by atoms with Crippen LogP contribution in [0.15, 0.2) is 83.5 Å². The number of hydrogen-bond acceptors (Lipinski definition) is 4. The number of amides is 1. The van der Waals surface area contributed by atoms with Gasteiger partial charge in [0.2, 0.25) is 5.89 Å². The predicted molar refractivity (Wildman–Crippen MR) is 113 cm³/mol. The molecule has 0 fully saturated rings. The van der Waals surface area contributed by atoms with Crippen LogP contribution in [-0.2, 0) is 0 Å². The van der Waals surface area contributed by atoms with Crippen LogP contribution in [0, 0.1) is 6.92 Å². The Kier molecular flexibility index (Phi) is 5.12. The molecule has 0 aliphatic carbocycles. The van der Waals surface area contributed by atoms with Crippen LogP contribution in [0.3, 0.4) is 0 Å². The lowest BCUT2D eigenvalue weighted by Crippen LogP contribution is -2.12. The SMILES string of the molecule is COc1ccccc1C(=O)Nc1ccc(-c2nc(-c3ccc(C)cc3)co2)cc1. The number of ether oxygens (including phenoxy) is 1. The number of hydrogen-bond donors (Lipinski definition) is 1. The van der Waals surface area contributed by atoms with Gasteiger partial charge >= 0.3 is 0 Å². The van der Waals surface area contributed by atoms with Gasteiger partial charge in [0.25, 0.3) is 5.91 Å². The number of anilines is 1. The number of nitrogens with one attached hydrogen (secondary N) is 1. The average Bonchev–Trinajstić information content (AvgIpc) is 3.25. The van der Waals surface area contributed by atoms with E-state index in [0.29, 0.717) is 22.9 Å². The summed E-state index contributed by atoms with van der Waals surface area (Å²) >= 11 is 0. The Morgan fingerprint density at radius 2 is 1.62 bits per heavy atom. The summed E-state index contributed by atoms with van der Waals surface area (Å²) in [6.45, 7) is 2.05. The molecule has 0 unspecified atom stereocenters. The Balaban J connectivity index is 1.50. The molecule has 0 aliphatic heterocycles. The van der Waals surface area contributed by atoms with E-state index in [9.17, 15) is 4.79 Å². The van der Waals surface area contributed by atoms with Crippen molar-refractivity contribution in [3.63, 3.8) is 0 Å². The molecule has 0 saturated heterocycles. The van der Waals surface area contributed by atoms with Gasteiger partial charge in [-0.3, -0.25) is 4.79 Å². The molecule has 1 amide bonds. The van der Waals surface area contributed by atoms with Crippen LogP contribution >= 0.6 is 0 Å². The number of methoxy groups -OCH3 is 1. The van der Waals surface area contributed by atoms with Crippen LogP contribution in [0.5, 0.6) is 5.75 Å². The molecule has 1 N–H and O–H groups in total. The number of nitrogens with zero attached hydrogens (tertiary/aromatic N) is 1. The van der Waals surface area contributed by atoms with E-state index in [1.54, 1.807) is 31.6 Å². The van der Waals surface area contributed by atoms with Crippen LogP contribution < -0.4 is 10.1 Å². The minimum absolute atomic E-state index is 0.229. The highest BCUT2D eigenvalue weighted by atomic mass is 16.5. The Hall–Kier alpha value is -3.86. The minimum atomic E-state index is -0.229. The number of aryl methyl sites for hydroxylation is 1.